The van der Waals surface area contributed by atoms with Gasteiger partial charge < -0.3 is 4.74 Å². The molecule has 0 aliphatic rings. The highest BCUT2D eigenvalue weighted by Gasteiger charge is 2.22. The molecule has 1 aromatic carbocycles. The maximum Gasteiger partial charge on any atom is 0.269 e. The Balaban J connectivity index is 3.23. The zero-order valence-corrected chi connectivity index (χ0v) is 16.9. The van der Waals surface area contributed by atoms with Gasteiger partial charge in [-0.2, -0.15) is 0 Å². The van der Waals surface area contributed by atoms with Crippen molar-refractivity contribution in [2.24, 2.45) is 5.41 Å². The first-order chi connectivity index (χ1) is 11.6. The summed E-state index contributed by atoms with van der Waals surface area (Å²) in [6.07, 6.45) is 5.81. The van der Waals surface area contributed by atoms with Gasteiger partial charge in [-0.15, -0.1) is 0 Å². The van der Waals surface area contributed by atoms with Crippen LogP contribution < -0.4 is 0 Å². The van der Waals surface area contributed by atoms with Crippen molar-refractivity contribution in [1.82, 2.24) is 0 Å². The number of allylic oxidation sites excluding steroid dienone is 5. The third kappa shape index (κ3) is 6.35. The molecule has 134 valence electrons. The predicted octanol–water partition coefficient (Wildman–Crippen LogP) is 6.41. The summed E-state index contributed by atoms with van der Waals surface area (Å²) in [6, 6.07) is 6.42. The average molecular weight is 406 g/mol. The number of non-ortho nitro benzene ring substituents is 1. The van der Waals surface area contributed by atoms with Crippen LogP contribution in [-0.4, -0.2) is 12.0 Å². The average Bonchev–Trinajstić information content (AvgIpc) is 2.51. The third-order valence-corrected chi connectivity index (χ3v) is 3.77. The molecule has 0 amide bonds. The smallest absolute Gasteiger partial charge is 0.269 e. The van der Waals surface area contributed by atoms with Crippen LogP contribution in [-0.2, 0) is 4.74 Å². The first-order valence-electron chi connectivity index (χ1n) is 7.80. The second-order valence-electron chi connectivity index (χ2n) is 6.65. The van der Waals surface area contributed by atoms with Gasteiger partial charge >= 0.3 is 0 Å². The summed E-state index contributed by atoms with van der Waals surface area (Å²) in [5.74, 6) is 0.784. The molecule has 0 radical (unpaired) electrons. The Labute approximate surface area is 157 Å². The van der Waals surface area contributed by atoms with E-state index in [0.29, 0.717) is 0 Å². The van der Waals surface area contributed by atoms with Gasteiger partial charge in [-0.1, -0.05) is 55.4 Å². The highest BCUT2D eigenvalue weighted by molar-refractivity contribution is 9.11. The summed E-state index contributed by atoms with van der Waals surface area (Å²) in [5.41, 5.74) is 2.82. The molecule has 4 nitrogen and oxygen atoms in total. The van der Waals surface area contributed by atoms with Gasteiger partial charge in [0.05, 0.1) is 12.0 Å². The van der Waals surface area contributed by atoms with E-state index in [4.69, 9.17) is 4.74 Å². The minimum absolute atomic E-state index is 0.0794. The SMILES string of the molecule is C=C(Br)\C=C(/C(OC)=C(C)/C=C/c1ccc([N+](=O)[O-])cc1)C(C)(C)C. The first kappa shape index (κ1) is 20.9. The largest absolute Gasteiger partial charge is 0.496 e. The van der Waals surface area contributed by atoms with Gasteiger partial charge in [0.15, 0.2) is 0 Å². The lowest BCUT2D eigenvalue weighted by Crippen LogP contribution is -2.14. The van der Waals surface area contributed by atoms with Crippen LogP contribution in [0, 0.1) is 15.5 Å². The molecule has 1 aromatic rings. The molecule has 0 aliphatic heterocycles. The van der Waals surface area contributed by atoms with Gasteiger partial charge in [0.2, 0.25) is 0 Å². The number of rotatable bonds is 6. The fourth-order valence-electron chi connectivity index (χ4n) is 2.27. The number of hydrogen-bond donors (Lipinski definition) is 0. The van der Waals surface area contributed by atoms with E-state index in [1.165, 1.54) is 12.1 Å². The molecule has 5 heteroatoms. The summed E-state index contributed by atoms with van der Waals surface area (Å²) in [5, 5.41) is 10.7. The van der Waals surface area contributed by atoms with Gasteiger partial charge in [0.25, 0.3) is 5.69 Å². The molecule has 0 atom stereocenters. The van der Waals surface area contributed by atoms with E-state index < -0.39 is 4.92 Å². The van der Waals surface area contributed by atoms with E-state index >= 15 is 0 Å². The fraction of sp³-hybridized carbons (Fsp3) is 0.300. The van der Waals surface area contributed by atoms with Crippen molar-refractivity contribution in [2.75, 3.05) is 7.11 Å². The summed E-state index contributed by atoms with van der Waals surface area (Å²) in [4.78, 5) is 10.3. The zero-order valence-electron chi connectivity index (χ0n) is 15.3. The third-order valence-electron chi connectivity index (χ3n) is 3.55. The van der Waals surface area contributed by atoms with Gasteiger partial charge in [-0.05, 0) is 41.7 Å². The maximum atomic E-state index is 10.7. The van der Waals surface area contributed by atoms with Crippen molar-refractivity contribution < 1.29 is 9.66 Å². The van der Waals surface area contributed by atoms with E-state index in [1.807, 2.05) is 25.2 Å². The minimum Gasteiger partial charge on any atom is -0.496 e. The number of halogens is 1. The van der Waals surface area contributed by atoms with E-state index in [0.717, 1.165) is 27.0 Å². The van der Waals surface area contributed by atoms with Crippen molar-refractivity contribution in [1.29, 1.82) is 0 Å². The fourth-order valence-corrected chi connectivity index (χ4v) is 2.50. The molecule has 0 spiro atoms. The normalized spacial score (nSPS) is 13.6. The Morgan fingerprint density at radius 1 is 1.28 bits per heavy atom. The zero-order chi connectivity index (χ0) is 19.2. The molecular weight excluding hydrogens is 382 g/mol. The molecule has 0 aliphatic carbocycles. The van der Waals surface area contributed by atoms with Gasteiger partial charge in [0.1, 0.15) is 5.76 Å². The molecular formula is C20H24BrNO3. The van der Waals surface area contributed by atoms with Gasteiger partial charge in [-0.3, -0.25) is 10.1 Å². The van der Waals surface area contributed by atoms with Crippen LogP contribution in [0.5, 0.6) is 0 Å². The molecule has 0 unspecified atom stereocenters. The highest BCUT2D eigenvalue weighted by atomic mass is 79.9. The van der Waals surface area contributed by atoms with Crippen LogP contribution in [0.1, 0.15) is 33.3 Å². The van der Waals surface area contributed by atoms with Crippen molar-refractivity contribution in [3.63, 3.8) is 0 Å². The second kappa shape index (κ2) is 8.81. The molecule has 0 fully saturated rings. The number of nitro benzene ring substituents is 1. The van der Waals surface area contributed by atoms with Gasteiger partial charge in [-0.25, -0.2) is 0 Å². The molecule has 25 heavy (non-hydrogen) atoms. The van der Waals surface area contributed by atoms with Crippen molar-refractivity contribution in [3.8, 4) is 0 Å². The topological polar surface area (TPSA) is 52.4 Å². The summed E-state index contributed by atoms with van der Waals surface area (Å²) >= 11 is 3.39. The number of benzene rings is 1. The lowest BCUT2D eigenvalue weighted by atomic mass is 9.83. The maximum absolute atomic E-state index is 10.7. The summed E-state index contributed by atoms with van der Waals surface area (Å²) in [6.45, 7) is 12.2. The Kier molecular flexibility index (Phi) is 7.37. The lowest BCUT2D eigenvalue weighted by Gasteiger charge is -2.25. The Bertz CT molecular complexity index is 735. The van der Waals surface area contributed by atoms with E-state index in [2.05, 4.69) is 43.3 Å². The van der Waals surface area contributed by atoms with E-state index in [-0.39, 0.29) is 11.1 Å². The summed E-state index contributed by atoms with van der Waals surface area (Å²) < 4.78 is 6.43. The summed E-state index contributed by atoms with van der Waals surface area (Å²) in [7, 11) is 1.65. The van der Waals surface area contributed by atoms with E-state index in [9.17, 15) is 10.1 Å². The standard InChI is InChI=1S/C20H24BrNO3/c1-14(7-8-16-9-11-17(12-10-16)22(23)24)19(25-6)18(13-15(2)21)20(3,4)5/h7-13H,2H2,1,3-6H3/b8-7+,18-13+,19-14-. The monoisotopic (exact) mass is 405 g/mol. The number of ether oxygens (including phenoxy) is 1. The van der Waals surface area contributed by atoms with Crippen LogP contribution in [0.15, 0.2) is 64.4 Å². The van der Waals surface area contributed by atoms with Crippen molar-refractivity contribution in [2.45, 2.75) is 27.7 Å². The van der Waals surface area contributed by atoms with Gasteiger partial charge in [0, 0.05) is 22.2 Å². The molecule has 1 rings (SSSR count). The molecule has 0 saturated carbocycles. The lowest BCUT2D eigenvalue weighted by molar-refractivity contribution is -0.384. The van der Waals surface area contributed by atoms with Crippen LogP contribution >= 0.6 is 15.9 Å². The van der Waals surface area contributed by atoms with Crippen LogP contribution in [0.25, 0.3) is 6.08 Å². The highest BCUT2D eigenvalue weighted by Crippen LogP contribution is 2.35. The number of hydrogen-bond acceptors (Lipinski definition) is 3. The van der Waals surface area contributed by atoms with Crippen LogP contribution in [0.4, 0.5) is 5.69 Å². The Morgan fingerprint density at radius 3 is 2.24 bits per heavy atom. The van der Waals surface area contributed by atoms with Crippen molar-refractivity contribution in [3.05, 3.63) is 80.1 Å². The predicted molar refractivity (Wildman–Crippen MR) is 107 cm³/mol. The molecule has 0 saturated heterocycles. The Morgan fingerprint density at radius 2 is 1.84 bits per heavy atom. The quantitative estimate of drug-likeness (QED) is 0.237. The number of methoxy groups -OCH3 is 1. The minimum atomic E-state index is -0.408. The van der Waals surface area contributed by atoms with E-state index in [1.54, 1.807) is 19.2 Å². The molecule has 0 aromatic heterocycles. The van der Waals surface area contributed by atoms with Crippen LogP contribution in [0.2, 0.25) is 0 Å². The molecule has 0 heterocycles. The molecule has 0 bridgehead atoms. The molecule has 0 N–H and O–H groups in total. The first-order valence-corrected chi connectivity index (χ1v) is 8.60. The second-order valence-corrected chi connectivity index (χ2v) is 7.67. The Hall–Kier alpha value is -2.14. The van der Waals surface area contributed by atoms with Crippen LogP contribution in [0.3, 0.4) is 0 Å². The number of nitro groups is 1. The van der Waals surface area contributed by atoms with Crippen molar-refractivity contribution >= 4 is 27.7 Å². The number of nitrogens with zero attached hydrogens (tertiary/aromatic N) is 1.